The summed E-state index contributed by atoms with van der Waals surface area (Å²) in [5.74, 6) is -0.758. The second-order valence-corrected chi connectivity index (χ2v) is 8.33. The smallest absolute Gasteiger partial charge is 0.352 e. The quantitative estimate of drug-likeness (QED) is 0.548. The summed E-state index contributed by atoms with van der Waals surface area (Å²) in [5, 5.41) is 7.96. The Kier molecular flexibility index (Phi) is 6.21. The molecule has 1 saturated heterocycles. The van der Waals surface area contributed by atoms with E-state index < -0.39 is 18.2 Å². The number of fused-ring (bicyclic) bond motifs is 1. The summed E-state index contributed by atoms with van der Waals surface area (Å²) in [6, 6.07) is 6.10. The van der Waals surface area contributed by atoms with Crippen LogP contribution in [0, 0.1) is 12.3 Å². The van der Waals surface area contributed by atoms with Crippen molar-refractivity contribution in [1.29, 1.82) is 5.41 Å². The summed E-state index contributed by atoms with van der Waals surface area (Å²) in [4.78, 5) is 29.5. The molecular weight excluding hydrogens is 375 g/mol. The highest BCUT2D eigenvalue weighted by Crippen LogP contribution is 2.30. The van der Waals surface area contributed by atoms with E-state index in [-0.39, 0.29) is 30.5 Å². The average molecular weight is 404 g/mol. The predicted octanol–water partition coefficient (Wildman–Crippen LogP) is 2.98. The van der Waals surface area contributed by atoms with E-state index in [1.165, 1.54) is 0 Å². The molecular formula is C21H29FN4O3. The number of nitrogens with zero attached hydrogens (tertiary/aromatic N) is 2. The van der Waals surface area contributed by atoms with Gasteiger partial charge in [0.2, 0.25) is 0 Å². The number of imidazole rings is 1. The molecule has 3 rings (SSSR count). The molecule has 2 aromatic rings. The third-order valence-electron chi connectivity index (χ3n) is 5.72. The summed E-state index contributed by atoms with van der Waals surface area (Å²) >= 11 is 0. The highest BCUT2D eigenvalue weighted by Gasteiger charge is 2.34. The number of likely N-dealkylation sites (tertiary alicyclic amines) is 1. The number of nitrogens with one attached hydrogen (secondary N) is 2. The van der Waals surface area contributed by atoms with Gasteiger partial charge in [-0.1, -0.05) is 6.07 Å². The first-order valence-corrected chi connectivity index (χ1v) is 9.99. The number of aryl methyl sites for hydroxylation is 1. The Morgan fingerprint density at radius 3 is 2.69 bits per heavy atom. The molecule has 1 aliphatic rings. The van der Waals surface area contributed by atoms with Crippen molar-refractivity contribution in [3.8, 4) is 0 Å². The molecule has 0 saturated carbocycles. The van der Waals surface area contributed by atoms with Gasteiger partial charge in [0, 0.05) is 31.1 Å². The number of piperidine rings is 1. The standard InChI is InChI=1S/C21H29FN4O3/c1-14-4-5-18-17(12-14)24-20(28)26(18)15-6-9-25(10-7-15)21(2,3)13-16(23)19(27)29-11-8-22/h4-5,12,15,23H,6-11,13H2,1-3H3,(H,24,28). The van der Waals surface area contributed by atoms with Crippen molar-refractivity contribution in [1.82, 2.24) is 14.5 Å². The number of halogens is 1. The molecule has 1 aliphatic heterocycles. The molecule has 2 N–H and O–H groups in total. The molecule has 158 valence electrons. The fourth-order valence-electron chi connectivity index (χ4n) is 4.17. The lowest BCUT2D eigenvalue weighted by Crippen LogP contribution is -2.50. The van der Waals surface area contributed by atoms with Crippen molar-refractivity contribution in [3.63, 3.8) is 0 Å². The number of alkyl halides is 1. The SMILES string of the molecule is Cc1ccc2c(c1)[nH]c(=O)n2C1CCN(C(C)(C)CC(=N)C(=O)OCCF)CC1. The first-order valence-electron chi connectivity index (χ1n) is 9.99. The Morgan fingerprint density at radius 2 is 2.03 bits per heavy atom. The number of benzene rings is 1. The van der Waals surface area contributed by atoms with Crippen LogP contribution >= 0.6 is 0 Å². The van der Waals surface area contributed by atoms with Crippen LogP contribution in [0.3, 0.4) is 0 Å². The van der Waals surface area contributed by atoms with E-state index in [0.717, 1.165) is 42.5 Å². The molecule has 2 heterocycles. The molecule has 0 unspecified atom stereocenters. The van der Waals surface area contributed by atoms with Gasteiger partial charge in [-0.15, -0.1) is 0 Å². The molecule has 1 fully saturated rings. The van der Waals surface area contributed by atoms with E-state index in [9.17, 15) is 14.0 Å². The zero-order chi connectivity index (χ0) is 21.2. The molecule has 1 aromatic heterocycles. The molecule has 0 radical (unpaired) electrons. The highest BCUT2D eigenvalue weighted by molar-refractivity contribution is 6.35. The molecule has 0 bridgehead atoms. The van der Waals surface area contributed by atoms with Crippen LogP contribution in [0.15, 0.2) is 23.0 Å². The van der Waals surface area contributed by atoms with E-state index in [1.807, 2.05) is 43.5 Å². The van der Waals surface area contributed by atoms with E-state index >= 15 is 0 Å². The van der Waals surface area contributed by atoms with E-state index in [2.05, 4.69) is 9.88 Å². The van der Waals surface area contributed by atoms with Crippen molar-refractivity contribution < 1.29 is 13.9 Å². The van der Waals surface area contributed by atoms with E-state index in [1.54, 1.807) is 0 Å². The first kappa shape index (κ1) is 21.2. The van der Waals surface area contributed by atoms with Gasteiger partial charge in [-0.2, -0.15) is 0 Å². The van der Waals surface area contributed by atoms with Crippen molar-refractivity contribution in [3.05, 3.63) is 34.2 Å². The molecule has 8 heteroatoms. The molecule has 0 atom stereocenters. The Balaban J connectivity index is 1.66. The topological polar surface area (TPSA) is 91.2 Å². The minimum absolute atomic E-state index is 0.0827. The number of carbonyl (C=O) groups excluding carboxylic acids is 1. The minimum atomic E-state index is -0.758. The second kappa shape index (κ2) is 8.49. The van der Waals surface area contributed by atoms with Gasteiger partial charge in [0.15, 0.2) is 0 Å². The van der Waals surface area contributed by atoms with Gasteiger partial charge in [0.1, 0.15) is 19.0 Å². The van der Waals surface area contributed by atoms with Crippen molar-refractivity contribution in [2.45, 2.75) is 51.6 Å². The van der Waals surface area contributed by atoms with E-state index in [4.69, 9.17) is 10.1 Å². The summed E-state index contributed by atoms with van der Waals surface area (Å²) < 4.78 is 18.7. The Morgan fingerprint density at radius 1 is 1.34 bits per heavy atom. The number of rotatable bonds is 7. The molecule has 0 aliphatic carbocycles. The third-order valence-corrected chi connectivity index (χ3v) is 5.72. The average Bonchev–Trinajstić information content (AvgIpc) is 3.00. The van der Waals surface area contributed by atoms with E-state index in [0.29, 0.717) is 0 Å². The zero-order valence-electron chi connectivity index (χ0n) is 17.3. The molecule has 7 nitrogen and oxygen atoms in total. The number of esters is 1. The summed E-state index contributed by atoms with van der Waals surface area (Å²) in [6.45, 7) is 6.44. The predicted molar refractivity (Wildman–Crippen MR) is 110 cm³/mol. The fourth-order valence-corrected chi connectivity index (χ4v) is 4.17. The summed E-state index contributed by atoms with van der Waals surface area (Å²) in [7, 11) is 0. The molecule has 0 spiro atoms. The van der Waals surface area contributed by atoms with Crippen molar-refractivity contribution >= 4 is 22.7 Å². The maximum absolute atomic E-state index is 12.5. The van der Waals surface area contributed by atoms with Crippen LogP contribution in [0.1, 0.15) is 44.7 Å². The van der Waals surface area contributed by atoms with Crippen LogP contribution in [0.2, 0.25) is 0 Å². The largest absolute Gasteiger partial charge is 0.458 e. The van der Waals surface area contributed by atoms with Gasteiger partial charge in [-0.05, 0) is 51.3 Å². The van der Waals surface area contributed by atoms with Crippen LogP contribution in [0.5, 0.6) is 0 Å². The third kappa shape index (κ3) is 4.58. The molecule has 0 amide bonds. The van der Waals surface area contributed by atoms with Gasteiger partial charge in [-0.3, -0.25) is 14.9 Å². The number of ether oxygens (including phenoxy) is 1. The van der Waals surface area contributed by atoms with Gasteiger partial charge in [-0.25, -0.2) is 14.0 Å². The van der Waals surface area contributed by atoms with Crippen molar-refractivity contribution in [2.75, 3.05) is 26.4 Å². The second-order valence-electron chi connectivity index (χ2n) is 8.33. The number of aromatic nitrogens is 2. The number of H-pyrrole nitrogens is 1. The van der Waals surface area contributed by atoms with Crippen LogP contribution in [-0.2, 0) is 9.53 Å². The Hall–Kier alpha value is -2.48. The van der Waals surface area contributed by atoms with Gasteiger partial charge in [0.25, 0.3) is 0 Å². The summed E-state index contributed by atoms with van der Waals surface area (Å²) in [5.41, 5.74) is 2.26. The summed E-state index contributed by atoms with van der Waals surface area (Å²) in [6.07, 6.45) is 1.85. The zero-order valence-corrected chi connectivity index (χ0v) is 17.3. The number of hydrogen-bond donors (Lipinski definition) is 2. The van der Waals surface area contributed by atoms with Crippen LogP contribution in [0.4, 0.5) is 4.39 Å². The molecule has 29 heavy (non-hydrogen) atoms. The lowest BCUT2D eigenvalue weighted by Gasteiger charge is -2.43. The fraction of sp³-hybridized carbons (Fsp3) is 0.571. The number of hydrogen-bond acceptors (Lipinski definition) is 5. The van der Waals surface area contributed by atoms with Gasteiger partial charge in [0.05, 0.1) is 11.0 Å². The van der Waals surface area contributed by atoms with Gasteiger partial charge >= 0.3 is 11.7 Å². The monoisotopic (exact) mass is 404 g/mol. The van der Waals surface area contributed by atoms with Crippen LogP contribution in [0.25, 0.3) is 11.0 Å². The number of carbonyl (C=O) groups is 1. The first-order chi connectivity index (χ1) is 13.7. The minimum Gasteiger partial charge on any atom is -0.458 e. The number of aromatic amines is 1. The maximum atomic E-state index is 12.5. The lowest BCUT2D eigenvalue weighted by atomic mass is 9.91. The normalized spacial score (nSPS) is 16.3. The van der Waals surface area contributed by atoms with Crippen LogP contribution < -0.4 is 5.69 Å². The Labute approximate surface area is 169 Å². The lowest BCUT2D eigenvalue weighted by molar-refractivity contribution is -0.136. The maximum Gasteiger partial charge on any atom is 0.352 e. The Bertz CT molecular complexity index is 954. The highest BCUT2D eigenvalue weighted by atomic mass is 19.1. The van der Waals surface area contributed by atoms with Gasteiger partial charge < -0.3 is 9.72 Å². The van der Waals surface area contributed by atoms with Crippen molar-refractivity contribution in [2.24, 2.45) is 0 Å². The molecule has 1 aromatic carbocycles. The van der Waals surface area contributed by atoms with Crippen LogP contribution in [-0.4, -0.2) is 58.0 Å².